The standard InChI is InChI=1S/C32H40FN7S/c33-26-13-11-25(12-14-26)32(15-5-2-6-16-32)24-34-31(41)37-30-35-28(39-17-7-8-18-39)23-29(36-30)40-21-19-38(20-22-40)27-9-3-1-4-10-27/h1,3-4,9-14,23H,2,5-8,15-22,24H2,(H2,34,35,36,37,41). The van der Waals surface area contributed by atoms with Crippen LogP contribution in [0.3, 0.4) is 0 Å². The lowest BCUT2D eigenvalue weighted by molar-refractivity contribution is 0.292. The number of hydrogen-bond acceptors (Lipinski definition) is 6. The van der Waals surface area contributed by atoms with Gasteiger partial charge in [0, 0.05) is 63.0 Å². The molecule has 0 unspecified atom stereocenters. The second kappa shape index (κ2) is 12.6. The summed E-state index contributed by atoms with van der Waals surface area (Å²) in [6.07, 6.45) is 8.07. The molecule has 1 saturated carbocycles. The van der Waals surface area contributed by atoms with Gasteiger partial charge in [-0.3, -0.25) is 0 Å². The molecule has 41 heavy (non-hydrogen) atoms. The quantitative estimate of drug-likeness (QED) is 0.348. The molecule has 0 amide bonds. The van der Waals surface area contributed by atoms with Gasteiger partial charge in [0.15, 0.2) is 5.11 Å². The third-order valence-corrected chi connectivity index (χ3v) is 9.18. The van der Waals surface area contributed by atoms with E-state index >= 15 is 0 Å². The predicted molar refractivity (Wildman–Crippen MR) is 170 cm³/mol. The number of halogens is 1. The molecule has 0 atom stereocenters. The molecular formula is C32H40FN7S. The van der Waals surface area contributed by atoms with Crippen molar-refractivity contribution in [2.24, 2.45) is 0 Å². The van der Waals surface area contributed by atoms with Gasteiger partial charge < -0.3 is 25.3 Å². The highest BCUT2D eigenvalue weighted by molar-refractivity contribution is 7.80. The Balaban J connectivity index is 1.15. The van der Waals surface area contributed by atoms with Crippen LogP contribution in [0.4, 0.5) is 27.7 Å². The zero-order chi connectivity index (χ0) is 28.1. The van der Waals surface area contributed by atoms with Crippen molar-refractivity contribution in [3.63, 3.8) is 0 Å². The van der Waals surface area contributed by atoms with Crippen LogP contribution in [0.15, 0.2) is 60.7 Å². The summed E-state index contributed by atoms with van der Waals surface area (Å²) in [6.45, 7) is 6.41. The van der Waals surface area contributed by atoms with Crippen molar-refractivity contribution in [3.8, 4) is 0 Å². The SMILES string of the molecule is Fc1ccc(C2(CNC(=S)Nc3nc(N4CCCC4)cc(N4CCN(c5ccccc5)CC4)n3)CCCCC2)cc1. The number of nitrogens with one attached hydrogen (secondary N) is 2. The Labute approximate surface area is 248 Å². The summed E-state index contributed by atoms with van der Waals surface area (Å²) >= 11 is 5.78. The molecule has 3 aromatic rings. The van der Waals surface area contributed by atoms with Crippen molar-refractivity contribution in [2.75, 3.05) is 65.8 Å². The number of rotatable bonds is 7. The third-order valence-electron chi connectivity index (χ3n) is 8.93. The first-order valence-corrected chi connectivity index (χ1v) is 15.5. The molecule has 2 aromatic carbocycles. The fourth-order valence-electron chi connectivity index (χ4n) is 6.58. The number of piperazine rings is 1. The van der Waals surface area contributed by atoms with E-state index in [-0.39, 0.29) is 11.2 Å². The molecule has 0 spiro atoms. The van der Waals surface area contributed by atoms with Gasteiger partial charge in [-0.2, -0.15) is 9.97 Å². The summed E-state index contributed by atoms with van der Waals surface area (Å²) in [6, 6.07) is 19.8. The van der Waals surface area contributed by atoms with Crippen LogP contribution in [-0.4, -0.2) is 60.9 Å². The van der Waals surface area contributed by atoms with Gasteiger partial charge in [-0.15, -0.1) is 0 Å². The molecule has 3 fully saturated rings. The minimum atomic E-state index is -0.197. The summed E-state index contributed by atoms with van der Waals surface area (Å²) in [5.74, 6) is 2.23. The molecule has 1 aromatic heterocycles. The molecule has 3 aliphatic rings. The van der Waals surface area contributed by atoms with E-state index in [2.05, 4.69) is 61.7 Å². The molecule has 2 N–H and O–H groups in total. The van der Waals surface area contributed by atoms with Crippen molar-refractivity contribution in [1.82, 2.24) is 15.3 Å². The van der Waals surface area contributed by atoms with Crippen LogP contribution < -0.4 is 25.3 Å². The molecular weight excluding hydrogens is 533 g/mol. The molecule has 2 aliphatic heterocycles. The molecule has 2 saturated heterocycles. The Morgan fingerprint density at radius 2 is 1.37 bits per heavy atom. The molecule has 0 radical (unpaired) electrons. The maximum Gasteiger partial charge on any atom is 0.232 e. The van der Waals surface area contributed by atoms with Crippen LogP contribution in [0.2, 0.25) is 0 Å². The smallest absolute Gasteiger partial charge is 0.232 e. The van der Waals surface area contributed by atoms with Gasteiger partial charge in [-0.05, 0) is 67.7 Å². The van der Waals surface area contributed by atoms with Crippen LogP contribution in [-0.2, 0) is 5.41 Å². The second-order valence-corrected chi connectivity index (χ2v) is 12.0. The van der Waals surface area contributed by atoms with Crippen LogP contribution in [0.25, 0.3) is 0 Å². The number of hydrogen-bond donors (Lipinski definition) is 2. The Morgan fingerprint density at radius 1 is 0.756 bits per heavy atom. The second-order valence-electron chi connectivity index (χ2n) is 11.6. The van der Waals surface area contributed by atoms with E-state index in [0.717, 1.165) is 63.7 Å². The lowest BCUT2D eigenvalue weighted by Gasteiger charge is -2.38. The van der Waals surface area contributed by atoms with E-state index < -0.39 is 0 Å². The first-order chi connectivity index (χ1) is 20.1. The number of nitrogens with zero attached hydrogens (tertiary/aromatic N) is 5. The van der Waals surface area contributed by atoms with Gasteiger partial charge in [0.25, 0.3) is 0 Å². The lowest BCUT2D eigenvalue weighted by atomic mass is 9.69. The van der Waals surface area contributed by atoms with E-state index in [4.69, 9.17) is 22.2 Å². The fourth-order valence-corrected chi connectivity index (χ4v) is 6.74. The average Bonchev–Trinajstić information content (AvgIpc) is 3.57. The van der Waals surface area contributed by atoms with Crippen LogP contribution in [0, 0.1) is 5.82 Å². The van der Waals surface area contributed by atoms with Crippen LogP contribution >= 0.6 is 12.2 Å². The lowest BCUT2D eigenvalue weighted by Crippen LogP contribution is -2.47. The number of aromatic nitrogens is 2. The largest absolute Gasteiger partial charge is 0.368 e. The minimum Gasteiger partial charge on any atom is -0.368 e. The fraction of sp³-hybridized carbons (Fsp3) is 0.469. The van der Waals surface area contributed by atoms with E-state index in [0.29, 0.717) is 17.6 Å². The third kappa shape index (κ3) is 6.56. The first-order valence-electron chi connectivity index (χ1n) is 15.1. The van der Waals surface area contributed by atoms with E-state index in [9.17, 15) is 4.39 Å². The number of para-hydroxylation sites is 1. The van der Waals surface area contributed by atoms with Crippen molar-refractivity contribution < 1.29 is 4.39 Å². The maximum atomic E-state index is 13.7. The topological polar surface area (TPSA) is 59.6 Å². The van der Waals surface area contributed by atoms with E-state index in [1.807, 2.05) is 12.1 Å². The molecule has 6 rings (SSSR count). The number of anilines is 4. The number of thiocarbonyl (C=S) groups is 1. The molecule has 0 bridgehead atoms. The Bertz CT molecular complexity index is 1300. The van der Waals surface area contributed by atoms with Gasteiger partial charge in [0.1, 0.15) is 17.5 Å². The van der Waals surface area contributed by atoms with Crippen molar-refractivity contribution in [2.45, 2.75) is 50.4 Å². The Hall–Kier alpha value is -3.46. The summed E-state index contributed by atoms with van der Waals surface area (Å²) in [4.78, 5) is 17.0. The number of benzene rings is 2. The van der Waals surface area contributed by atoms with Gasteiger partial charge >= 0.3 is 0 Å². The van der Waals surface area contributed by atoms with Crippen molar-refractivity contribution in [3.05, 3.63) is 72.0 Å². The zero-order valence-corrected chi connectivity index (χ0v) is 24.5. The molecule has 7 nitrogen and oxygen atoms in total. The summed E-state index contributed by atoms with van der Waals surface area (Å²) in [7, 11) is 0. The van der Waals surface area contributed by atoms with Crippen molar-refractivity contribution >= 4 is 40.6 Å². The van der Waals surface area contributed by atoms with Gasteiger partial charge in [-0.25, -0.2) is 4.39 Å². The van der Waals surface area contributed by atoms with Crippen molar-refractivity contribution in [1.29, 1.82) is 0 Å². The summed E-state index contributed by atoms with van der Waals surface area (Å²) in [5, 5.41) is 7.31. The summed E-state index contributed by atoms with van der Waals surface area (Å²) < 4.78 is 13.7. The Kier molecular flexibility index (Phi) is 8.51. The molecule has 216 valence electrons. The zero-order valence-electron chi connectivity index (χ0n) is 23.7. The molecule has 1 aliphatic carbocycles. The normalized spacial score (nSPS) is 18.8. The summed E-state index contributed by atoms with van der Waals surface area (Å²) in [5.41, 5.74) is 2.39. The van der Waals surface area contributed by atoms with Crippen LogP contribution in [0.1, 0.15) is 50.5 Å². The molecule has 9 heteroatoms. The predicted octanol–water partition coefficient (Wildman–Crippen LogP) is 5.73. The Morgan fingerprint density at radius 3 is 2.02 bits per heavy atom. The first kappa shape index (κ1) is 27.7. The maximum absolute atomic E-state index is 13.7. The van der Waals surface area contributed by atoms with Gasteiger partial charge in [0.05, 0.1) is 0 Å². The van der Waals surface area contributed by atoms with Gasteiger partial charge in [0.2, 0.25) is 5.95 Å². The average molecular weight is 574 g/mol. The van der Waals surface area contributed by atoms with Crippen LogP contribution in [0.5, 0.6) is 0 Å². The van der Waals surface area contributed by atoms with E-state index in [1.54, 1.807) is 12.1 Å². The highest BCUT2D eigenvalue weighted by Crippen LogP contribution is 2.39. The molecule has 3 heterocycles. The van der Waals surface area contributed by atoms with Gasteiger partial charge in [-0.1, -0.05) is 49.6 Å². The van der Waals surface area contributed by atoms with E-state index in [1.165, 1.54) is 43.4 Å². The highest BCUT2D eigenvalue weighted by atomic mass is 32.1. The minimum absolute atomic E-state index is 0.0560. The highest BCUT2D eigenvalue weighted by Gasteiger charge is 2.34. The monoisotopic (exact) mass is 573 g/mol.